The zero-order valence-electron chi connectivity index (χ0n) is 14.6. The van der Waals surface area contributed by atoms with Gasteiger partial charge < -0.3 is 9.80 Å². The zero-order valence-corrected chi connectivity index (χ0v) is 14.6. The van der Waals surface area contributed by atoms with E-state index in [2.05, 4.69) is 32.8 Å². The van der Waals surface area contributed by atoms with Crippen LogP contribution in [0.3, 0.4) is 0 Å². The third-order valence-electron chi connectivity index (χ3n) is 5.55. The lowest BCUT2D eigenvalue weighted by atomic mass is 9.94. The number of anilines is 1. The number of hydrogen-bond donors (Lipinski definition) is 0. The number of likely N-dealkylation sites (tertiary alicyclic amines) is 1. The Labute approximate surface area is 144 Å². The van der Waals surface area contributed by atoms with Gasteiger partial charge in [-0.2, -0.15) is 0 Å². The Balaban J connectivity index is 1.42. The number of rotatable bonds is 3. The normalized spacial score (nSPS) is 23.7. The molecule has 2 saturated heterocycles. The predicted octanol–water partition coefficient (Wildman–Crippen LogP) is 2.97. The smallest absolute Gasteiger partial charge is 0.180 e. The monoisotopic (exact) mass is 325 g/mol. The summed E-state index contributed by atoms with van der Waals surface area (Å²) in [5.74, 6) is 2.72. The Kier molecular flexibility index (Phi) is 4.60. The van der Waals surface area contributed by atoms with Crippen molar-refractivity contribution in [1.82, 2.24) is 19.9 Å². The zero-order chi connectivity index (χ0) is 16.4. The molecule has 0 amide bonds. The van der Waals surface area contributed by atoms with Crippen molar-refractivity contribution in [2.45, 2.75) is 32.6 Å². The van der Waals surface area contributed by atoms with E-state index in [0.717, 1.165) is 41.9 Å². The molecular formula is C19H27N5. The van der Waals surface area contributed by atoms with Crippen LogP contribution in [0.5, 0.6) is 0 Å². The van der Waals surface area contributed by atoms with E-state index in [9.17, 15) is 0 Å². The van der Waals surface area contributed by atoms with Gasteiger partial charge in [0.1, 0.15) is 11.3 Å². The van der Waals surface area contributed by atoms with Gasteiger partial charge in [0.2, 0.25) is 0 Å². The van der Waals surface area contributed by atoms with E-state index in [-0.39, 0.29) is 0 Å². The molecule has 128 valence electrons. The van der Waals surface area contributed by atoms with Crippen LogP contribution in [-0.4, -0.2) is 52.6 Å². The summed E-state index contributed by atoms with van der Waals surface area (Å²) < 4.78 is 0. The quantitative estimate of drug-likeness (QED) is 0.868. The minimum absolute atomic E-state index is 0.752. The number of aromatic nitrogens is 3. The number of hydrogen-bond acceptors (Lipinski definition) is 5. The van der Waals surface area contributed by atoms with E-state index in [4.69, 9.17) is 4.98 Å². The summed E-state index contributed by atoms with van der Waals surface area (Å²) in [5, 5.41) is 0. The van der Waals surface area contributed by atoms with E-state index in [0.29, 0.717) is 0 Å². The molecule has 24 heavy (non-hydrogen) atoms. The first-order valence-corrected chi connectivity index (χ1v) is 9.33. The van der Waals surface area contributed by atoms with Crippen LogP contribution in [0.4, 0.5) is 5.82 Å². The fourth-order valence-electron chi connectivity index (χ4n) is 4.05. The van der Waals surface area contributed by atoms with Gasteiger partial charge >= 0.3 is 0 Å². The second-order valence-corrected chi connectivity index (χ2v) is 7.51. The SMILES string of the molecule is CC1CCN(CC2CCCN(c3ccc4nccnc4n3)C2)CC1. The fraction of sp³-hybridized carbons (Fsp3) is 0.632. The Morgan fingerprint density at radius 1 is 1.04 bits per heavy atom. The van der Waals surface area contributed by atoms with E-state index >= 15 is 0 Å². The first-order valence-electron chi connectivity index (χ1n) is 9.33. The molecule has 1 atom stereocenters. The average Bonchev–Trinajstić information content (AvgIpc) is 2.63. The molecule has 1 unspecified atom stereocenters. The molecule has 2 aromatic rings. The molecule has 4 rings (SSSR count). The van der Waals surface area contributed by atoms with Crippen LogP contribution >= 0.6 is 0 Å². The lowest BCUT2D eigenvalue weighted by Gasteiger charge is -2.38. The Hall–Kier alpha value is -1.75. The highest BCUT2D eigenvalue weighted by atomic mass is 15.2. The number of nitrogens with zero attached hydrogens (tertiary/aromatic N) is 5. The third-order valence-corrected chi connectivity index (χ3v) is 5.55. The molecule has 2 fully saturated rings. The lowest BCUT2D eigenvalue weighted by Crippen LogP contribution is -2.43. The molecule has 2 aromatic heterocycles. The molecular weight excluding hydrogens is 298 g/mol. The largest absolute Gasteiger partial charge is 0.356 e. The lowest BCUT2D eigenvalue weighted by molar-refractivity contribution is 0.159. The van der Waals surface area contributed by atoms with Gasteiger partial charge in [0.05, 0.1) is 0 Å². The summed E-state index contributed by atoms with van der Waals surface area (Å²) in [5.41, 5.74) is 1.62. The first-order chi connectivity index (χ1) is 11.8. The van der Waals surface area contributed by atoms with Crippen molar-refractivity contribution in [2.24, 2.45) is 11.8 Å². The number of fused-ring (bicyclic) bond motifs is 1. The van der Waals surface area contributed by atoms with Crippen molar-refractivity contribution < 1.29 is 0 Å². The van der Waals surface area contributed by atoms with Gasteiger partial charge in [-0.05, 0) is 62.7 Å². The molecule has 5 nitrogen and oxygen atoms in total. The summed E-state index contributed by atoms with van der Waals surface area (Å²) in [6.45, 7) is 8.41. The summed E-state index contributed by atoms with van der Waals surface area (Å²) >= 11 is 0. The van der Waals surface area contributed by atoms with Crippen LogP contribution in [0.15, 0.2) is 24.5 Å². The summed E-state index contributed by atoms with van der Waals surface area (Å²) in [6.07, 6.45) is 8.77. The van der Waals surface area contributed by atoms with Crippen molar-refractivity contribution >= 4 is 17.0 Å². The molecule has 4 heterocycles. The minimum Gasteiger partial charge on any atom is -0.356 e. The maximum Gasteiger partial charge on any atom is 0.180 e. The Morgan fingerprint density at radius 2 is 1.88 bits per heavy atom. The maximum atomic E-state index is 4.73. The van der Waals surface area contributed by atoms with E-state index in [1.54, 1.807) is 12.4 Å². The van der Waals surface area contributed by atoms with Gasteiger partial charge in [-0.1, -0.05) is 6.92 Å². The fourth-order valence-corrected chi connectivity index (χ4v) is 4.05. The van der Waals surface area contributed by atoms with Gasteiger partial charge in [0, 0.05) is 32.0 Å². The second kappa shape index (κ2) is 7.01. The van der Waals surface area contributed by atoms with Crippen molar-refractivity contribution in [2.75, 3.05) is 37.6 Å². The van der Waals surface area contributed by atoms with Gasteiger partial charge in [-0.25, -0.2) is 9.97 Å². The van der Waals surface area contributed by atoms with Crippen LogP contribution in [0.1, 0.15) is 32.6 Å². The Bertz CT molecular complexity index is 680. The van der Waals surface area contributed by atoms with Gasteiger partial charge in [0.25, 0.3) is 0 Å². The molecule has 0 bridgehead atoms. The van der Waals surface area contributed by atoms with Gasteiger partial charge in [-0.15, -0.1) is 0 Å². The molecule has 5 heteroatoms. The molecule has 2 aliphatic heterocycles. The van der Waals surface area contributed by atoms with E-state index < -0.39 is 0 Å². The van der Waals surface area contributed by atoms with Gasteiger partial charge in [-0.3, -0.25) is 4.98 Å². The topological polar surface area (TPSA) is 45.2 Å². The summed E-state index contributed by atoms with van der Waals surface area (Å²) in [6, 6.07) is 4.14. The van der Waals surface area contributed by atoms with Crippen molar-refractivity contribution in [3.05, 3.63) is 24.5 Å². The van der Waals surface area contributed by atoms with Crippen molar-refractivity contribution in [1.29, 1.82) is 0 Å². The maximum absolute atomic E-state index is 4.73. The highest BCUT2D eigenvalue weighted by molar-refractivity contribution is 5.71. The first kappa shape index (κ1) is 15.8. The molecule has 0 saturated carbocycles. The summed E-state index contributed by atoms with van der Waals surface area (Å²) in [4.78, 5) is 18.5. The molecule has 2 aliphatic rings. The molecule has 0 spiro atoms. The van der Waals surface area contributed by atoms with E-state index in [1.807, 2.05) is 6.07 Å². The number of piperidine rings is 2. The average molecular weight is 325 g/mol. The van der Waals surface area contributed by atoms with Crippen LogP contribution in [0.25, 0.3) is 11.2 Å². The predicted molar refractivity (Wildman–Crippen MR) is 97.1 cm³/mol. The van der Waals surface area contributed by atoms with Crippen molar-refractivity contribution in [3.8, 4) is 0 Å². The minimum atomic E-state index is 0.752. The van der Waals surface area contributed by atoms with E-state index in [1.165, 1.54) is 45.3 Å². The van der Waals surface area contributed by atoms with Crippen LogP contribution in [0, 0.1) is 11.8 Å². The Morgan fingerprint density at radius 3 is 2.75 bits per heavy atom. The number of pyridine rings is 1. The van der Waals surface area contributed by atoms with Crippen LogP contribution < -0.4 is 4.90 Å². The highest BCUT2D eigenvalue weighted by Gasteiger charge is 2.25. The second-order valence-electron chi connectivity index (χ2n) is 7.51. The standard InChI is InChI=1S/C19H27N5/c1-15-6-11-23(12-7-15)13-16-3-2-10-24(14-16)18-5-4-17-19(22-18)21-9-8-20-17/h4-5,8-9,15-16H,2-3,6-7,10-14H2,1H3. The molecule has 0 N–H and O–H groups in total. The summed E-state index contributed by atoms with van der Waals surface area (Å²) in [7, 11) is 0. The van der Waals surface area contributed by atoms with Crippen LogP contribution in [-0.2, 0) is 0 Å². The van der Waals surface area contributed by atoms with Gasteiger partial charge in [0.15, 0.2) is 5.65 Å². The highest BCUT2D eigenvalue weighted by Crippen LogP contribution is 2.25. The third kappa shape index (κ3) is 3.51. The van der Waals surface area contributed by atoms with Crippen molar-refractivity contribution in [3.63, 3.8) is 0 Å². The van der Waals surface area contributed by atoms with Crippen LogP contribution in [0.2, 0.25) is 0 Å². The molecule has 0 aromatic carbocycles. The molecule has 0 radical (unpaired) electrons. The molecule has 0 aliphatic carbocycles.